The van der Waals surface area contributed by atoms with E-state index in [9.17, 15) is 19.5 Å². The van der Waals surface area contributed by atoms with Crippen LogP contribution >= 0.6 is 0 Å². The van der Waals surface area contributed by atoms with E-state index in [-0.39, 0.29) is 18.0 Å². The number of hydrogen-bond acceptors (Lipinski definition) is 5. The van der Waals surface area contributed by atoms with E-state index in [1.807, 2.05) is 0 Å². The zero-order valence-corrected chi connectivity index (χ0v) is 32.3. The van der Waals surface area contributed by atoms with Gasteiger partial charge in [0.2, 0.25) is 5.91 Å². The minimum atomic E-state index is -1.01. The molecule has 0 aliphatic carbocycles. The molecule has 49 heavy (non-hydrogen) atoms. The molecule has 2 unspecified atom stereocenters. The molecule has 0 aliphatic heterocycles. The van der Waals surface area contributed by atoms with Gasteiger partial charge in [0.1, 0.15) is 12.1 Å². The van der Waals surface area contributed by atoms with E-state index in [0.29, 0.717) is 32.2 Å². The zero-order chi connectivity index (χ0) is 36.0. The smallest absolute Gasteiger partial charge is 0.326 e. The Balaban J connectivity index is 4.00. The van der Waals surface area contributed by atoms with Gasteiger partial charge in [-0.1, -0.05) is 142 Å². The summed E-state index contributed by atoms with van der Waals surface area (Å²) in [4.78, 5) is 36.2. The lowest BCUT2D eigenvalue weighted by Gasteiger charge is -2.18. The van der Waals surface area contributed by atoms with Gasteiger partial charge in [-0.3, -0.25) is 9.59 Å². The van der Waals surface area contributed by atoms with Gasteiger partial charge >= 0.3 is 11.9 Å². The van der Waals surface area contributed by atoms with Gasteiger partial charge in [-0.25, -0.2) is 4.79 Å². The molecule has 0 spiro atoms. The molecule has 2 atom stereocenters. The molecule has 7 heteroatoms. The van der Waals surface area contributed by atoms with Crippen LogP contribution in [0.2, 0.25) is 0 Å². The fourth-order valence-electron chi connectivity index (χ4n) is 6.39. The lowest BCUT2D eigenvalue weighted by molar-refractivity contribution is -0.150. The molecule has 0 aromatic rings. The number of unbranched alkanes of at least 4 members (excludes halogenated alkanes) is 22. The third kappa shape index (κ3) is 34.3. The van der Waals surface area contributed by atoms with Crippen LogP contribution in [0.15, 0.2) is 12.2 Å². The summed E-state index contributed by atoms with van der Waals surface area (Å²) in [5.74, 6) is -1.26. The Morgan fingerprint density at radius 1 is 0.571 bits per heavy atom. The summed E-state index contributed by atoms with van der Waals surface area (Å²) in [6.45, 7) is 4.90. The molecule has 288 valence electrons. The summed E-state index contributed by atoms with van der Waals surface area (Å²) < 4.78 is 5.96. The number of nitrogens with one attached hydrogen (secondary N) is 1. The molecule has 0 heterocycles. The summed E-state index contributed by atoms with van der Waals surface area (Å²) in [5, 5.41) is 11.9. The fraction of sp³-hybridized carbons (Fsp3) is 0.881. The standard InChI is InChI=1S/C42H80N2O5/c1-3-5-7-9-10-11-12-13-14-15-16-17-18-19-20-21-22-24-30-36-41(46)49-38(32-27-23-8-6-4-2)33-28-25-26-29-35-40(45)44-39(42(47)48)34-31-37-43/h13-14,38-39H,3-12,15-37,43H2,1-2H3,(H,44,45)(H,47,48)/b14-13-. The third-order valence-electron chi connectivity index (χ3n) is 9.58. The number of nitrogens with two attached hydrogens (primary N) is 1. The van der Waals surface area contributed by atoms with Crippen molar-refractivity contribution in [3.8, 4) is 0 Å². The molecule has 1 amide bonds. The van der Waals surface area contributed by atoms with Crippen molar-refractivity contribution in [3.05, 3.63) is 12.2 Å². The topological polar surface area (TPSA) is 119 Å². The van der Waals surface area contributed by atoms with Gasteiger partial charge in [0.25, 0.3) is 0 Å². The van der Waals surface area contributed by atoms with Crippen molar-refractivity contribution in [1.82, 2.24) is 5.32 Å². The normalized spacial score (nSPS) is 12.7. The summed E-state index contributed by atoms with van der Waals surface area (Å²) in [6.07, 6.45) is 39.9. The molecule has 0 saturated heterocycles. The molecule has 0 bridgehead atoms. The van der Waals surface area contributed by atoms with E-state index in [4.69, 9.17) is 10.5 Å². The average Bonchev–Trinajstić information content (AvgIpc) is 3.08. The second-order valence-electron chi connectivity index (χ2n) is 14.4. The van der Waals surface area contributed by atoms with Crippen molar-refractivity contribution in [2.75, 3.05) is 6.54 Å². The van der Waals surface area contributed by atoms with Crippen LogP contribution in [0.3, 0.4) is 0 Å². The highest BCUT2D eigenvalue weighted by molar-refractivity contribution is 5.83. The number of hydrogen-bond donors (Lipinski definition) is 3. The van der Waals surface area contributed by atoms with Crippen LogP contribution in [-0.4, -0.2) is 41.6 Å². The number of esters is 1. The Hall–Kier alpha value is -1.89. The minimum Gasteiger partial charge on any atom is -0.480 e. The number of amides is 1. The molecule has 4 N–H and O–H groups in total. The largest absolute Gasteiger partial charge is 0.480 e. The van der Waals surface area contributed by atoms with E-state index in [1.165, 1.54) is 122 Å². The van der Waals surface area contributed by atoms with Gasteiger partial charge in [-0.15, -0.1) is 0 Å². The predicted molar refractivity (Wildman–Crippen MR) is 207 cm³/mol. The first-order chi connectivity index (χ1) is 23.9. The highest BCUT2D eigenvalue weighted by atomic mass is 16.5. The number of rotatable bonds is 38. The maximum absolute atomic E-state index is 12.7. The van der Waals surface area contributed by atoms with Crippen LogP contribution in [-0.2, 0) is 19.1 Å². The molecule has 0 rings (SSSR count). The number of carbonyl (C=O) groups is 3. The van der Waals surface area contributed by atoms with Gasteiger partial charge < -0.3 is 20.9 Å². The lowest BCUT2D eigenvalue weighted by atomic mass is 10.0. The number of aliphatic carboxylic acids is 1. The lowest BCUT2D eigenvalue weighted by Crippen LogP contribution is -2.40. The quantitative estimate of drug-likeness (QED) is 0.0337. The van der Waals surface area contributed by atoms with Crippen molar-refractivity contribution in [2.45, 2.75) is 231 Å². The van der Waals surface area contributed by atoms with Crippen molar-refractivity contribution in [1.29, 1.82) is 0 Å². The Morgan fingerprint density at radius 3 is 1.47 bits per heavy atom. The molecule has 0 fully saturated rings. The predicted octanol–water partition coefficient (Wildman–Crippen LogP) is 11.5. The second kappa shape index (κ2) is 37.4. The van der Waals surface area contributed by atoms with Gasteiger partial charge in [0.05, 0.1) is 0 Å². The van der Waals surface area contributed by atoms with Crippen molar-refractivity contribution in [3.63, 3.8) is 0 Å². The first-order valence-corrected chi connectivity index (χ1v) is 21.0. The fourth-order valence-corrected chi connectivity index (χ4v) is 6.39. The number of ether oxygens (including phenoxy) is 1. The Morgan fingerprint density at radius 2 is 1.00 bits per heavy atom. The number of carboxylic acid groups (broad SMARTS) is 1. The molecule has 0 aliphatic rings. The first-order valence-electron chi connectivity index (χ1n) is 21.0. The van der Waals surface area contributed by atoms with Gasteiger partial charge in [0.15, 0.2) is 0 Å². The first kappa shape index (κ1) is 47.1. The van der Waals surface area contributed by atoms with Gasteiger partial charge in [-0.2, -0.15) is 0 Å². The summed E-state index contributed by atoms with van der Waals surface area (Å²) >= 11 is 0. The van der Waals surface area contributed by atoms with E-state index < -0.39 is 12.0 Å². The average molecular weight is 693 g/mol. The summed E-state index contributed by atoms with van der Waals surface area (Å²) in [5.41, 5.74) is 5.47. The zero-order valence-electron chi connectivity index (χ0n) is 32.3. The van der Waals surface area contributed by atoms with Crippen LogP contribution < -0.4 is 11.1 Å². The van der Waals surface area contributed by atoms with Crippen LogP contribution in [0.1, 0.15) is 219 Å². The second-order valence-corrected chi connectivity index (χ2v) is 14.4. The van der Waals surface area contributed by atoms with Crippen molar-refractivity contribution >= 4 is 17.8 Å². The SMILES string of the molecule is CCCCCCCC/C=C\CCCCCCCCCCCC(=O)OC(CCCCCCC)CCCCCCC(=O)NC(CCCN)C(=O)O. The van der Waals surface area contributed by atoms with E-state index in [1.54, 1.807) is 0 Å². The number of allylic oxidation sites excluding steroid dienone is 2. The molecule has 0 aromatic heterocycles. The van der Waals surface area contributed by atoms with Gasteiger partial charge in [-0.05, 0) is 83.6 Å². The summed E-state index contributed by atoms with van der Waals surface area (Å²) in [7, 11) is 0. The maximum atomic E-state index is 12.7. The Labute approximate surface area is 302 Å². The van der Waals surface area contributed by atoms with Gasteiger partial charge in [0, 0.05) is 12.8 Å². The minimum absolute atomic E-state index is 0.00731. The van der Waals surface area contributed by atoms with Crippen LogP contribution in [0, 0.1) is 0 Å². The van der Waals surface area contributed by atoms with Crippen molar-refractivity contribution < 1.29 is 24.2 Å². The van der Waals surface area contributed by atoms with Crippen LogP contribution in [0.25, 0.3) is 0 Å². The number of carboxylic acids is 1. The molecule has 0 radical (unpaired) electrons. The summed E-state index contributed by atoms with van der Waals surface area (Å²) in [6, 6.07) is -0.860. The monoisotopic (exact) mass is 693 g/mol. The molecule has 0 saturated carbocycles. The van der Waals surface area contributed by atoms with Crippen LogP contribution in [0.5, 0.6) is 0 Å². The Kier molecular flexibility index (Phi) is 35.9. The maximum Gasteiger partial charge on any atom is 0.326 e. The Bertz CT molecular complexity index is 787. The molecular formula is C42H80N2O5. The third-order valence-corrected chi connectivity index (χ3v) is 9.58. The molecular weight excluding hydrogens is 612 g/mol. The van der Waals surface area contributed by atoms with Crippen molar-refractivity contribution in [2.24, 2.45) is 5.73 Å². The number of carbonyl (C=O) groups excluding carboxylic acids is 2. The van der Waals surface area contributed by atoms with E-state index in [0.717, 1.165) is 57.8 Å². The molecule has 0 aromatic carbocycles. The van der Waals surface area contributed by atoms with E-state index in [2.05, 4.69) is 31.3 Å². The van der Waals surface area contributed by atoms with Crippen LogP contribution in [0.4, 0.5) is 0 Å². The highest BCUT2D eigenvalue weighted by Gasteiger charge is 2.19. The highest BCUT2D eigenvalue weighted by Crippen LogP contribution is 2.18. The van der Waals surface area contributed by atoms with E-state index >= 15 is 0 Å². The molecule has 7 nitrogen and oxygen atoms in total.